The zero-order chi connectivity index (χ0) is 16.2. The van der Waals surface area contributed by atoms with E-state index in [9.17, 15) is 9.59 Å². The first kappa shape index (κ1) is 16.2. The van der Waals surface area contributed by atoms with Gasteiger partial charge in [0.2, 0.25) is 0 Å². The molecule has 6 nitrogen and oxygen atoms in total. The molecular formula is C17H25N3O3. The van der Waals surface area contributed by atoms with Crippen molar-refractivity contribution in [3.05, 3.63) is 34.2 Å². The van der Waals surface area contributed by atoms with Crippen LogP contribution in [0.1, 0.15) is 23.2 Å². The number of rotatable bonds is 3. The van der Waals surface area contributed by atoms with Crippen molar-refractivity contribution in [1.82, 2.24) is 14.4 Å². The number of amides is 1. The molecule has 2 fully saturated rings. The number of hydrogen-bond donors (Lipinski definition) is 0. The predicted octanol–water partition coefficient (Wildman–Crippen LogP) is 0.570. The molecule has 2 saturated heterocycles. The lowest BCUT2D eigenvalue weighted by Crippen LogP contribution is -2.46. The molecule has 3 heterocycles. The number of nitrogens with zero attached hydrogens (tertiary/aromatic N) is 3. The Morgan fingerprint density at radius 2 is 2.09 bits per heavy atom. The van der Waals surface area contributed by atoms with E-state index < -0.39 is 0 Å². The first-order valence-electron chi connectivity index (χ1n) is 8.39. The van der Waals surface area contributed by atoms with E-state index in [0.29, 0.717) is 11.5 Å². The van der Waals surface area contributed by atoms with Gasteiger partial charge >= 0.3 is 0 Å². The Bertz CT molecular complexity index is 607. The fourth-order valence-corrected chi connectivity index (χ4v) is 3.41. The van der Waals surface area contributed by atoms with E-state index in [1.807, 2.05) is 4.90 Å². The summed E-state index contributed by atoms with van der Waals surface area (Å²) in [5.41, 5.74) is 0.359. The molecule has 2 aliphatic rings. The largest absolute Gasteiger partial charge is 0.379 e. The van der Waals surface area contributed by atoms with E-state index in [1.54, 1.807) is 19.3 Å². The van der Waals surface area contributed by atoms with Crippen molar-refractivity contribution >= 4 is 5.91 Å². The summed E-state index contributed by atoms with van der Waals surface area (Å²) in [5, 5.41) is 0. The van der Waals surface area contributed by atoms with Crippen LogP contribution >= 0.6 is 0 Å². The topological polar surface area (TPSA) is 54.8 Å². The van der Waals surface area contributed by atoms with Crippen LogP contribution in [0.15, 0.2) is 23.1 Å². The number of ether oxygens (including phenoxy) is 1. The molecule has 0 saturated carbocycles. The Morgan fingerprint density at radius 1 is 1.30 bits per heavy atom. The first-order valence-corrected chi connectivity index (χ1v) is 8.39. The van der Waals surface area contributed by atoms with E-state index in [4.69, 9.17) is 4.74 Å². The van der Waals surface area contributed by atoms with Crippen molar-refractivity contribution in [2.24, 2.45) is 13.0 Å². The summed E-state index contributed by atoms with van der Waals surface area (Å²) in [6.45, 7) is 6.19. The molecule has 23 heavy (non-hydrogen) atoms. The maximum atomic E-state index is 12.6. The van der Waals surface area contributed by atoms with Crippen LogP contribution in [0.25, 0.3) is 0 Å². The van der Waals surface area contributed by atoms with Gasteiger partial charge in [-0.1, -0.05) is 0 Å². The molecule has 3 rings (SSSR count). The number of carbonyl (C=O) groups excluding carboxylic acids is 1. The van der Waals surface area contributed by atoms with Crippen LogP contribution in [0.2, 0.25) is 0 Å². The third-order valence-corrected chi connectivity index (χ3v) is 4.78. The molecule has 0 aromatic carbocycles. The molecule has 2 aliphatic heterocycles. The van der Waals surface area contributed by atoms with Crippen LogP contribution in [-0.4, -0.2) is 66.2 Å². The highest BCUT2D eigenvalue weighted by molar-refractivity contribution is 5.94. The Labute approximate surface area is 136 Å². The number of morpholine rings is 1. The maximum absolute atomic E-state index is 12.6. The van der Waals surface area contributed by atoms with Gasteiger partial charge < -0.3 is 14.2 Å². The number of pyridine rings is 1. The lowest BCUT2D eigenvalue weighted by molar-refractivity contribution is 0.0224. The number of aryl methyl sites for hydroxylation is 1. The SMILES string of the molecule is Cn1ccc(C(=O)N2CCC[C@H](CN3CCOCC3)C2)cc1=O. The molecule has 0 aliphatic carbocycles. The van der Waals surface area contributed by atoms with E-state index in [1.165, 1.54) is 10.6 Å². The Morgan fingerprint density at radius 3 is 2.83 bits per heavy atom. The highest BCUT2D eigenvalue weighted by atomic mass is 16.5. The van der Waals surface area contributed by atoms with Gasteiger partial charge in [-0.2, -0.15) is 0 Å². The van der Waals surface area contributed by atoms with Gasteiger partial charge in [-0.05, 0) is 24.8 Å². The summed E-state index contributed by atoms with van der Waals surface area (Å²) in [5.74, 6) is 0.492. The van der Waals surface area contributed by atoms with Crippen LogP contribution in [0, 0.1) is 5.92 Å². The number of hydrogen-bond acceptors (Lipinski definition) is 4. The molecule has 1 amide bonds. The minimum atomic E-state index is -0.141. The second-order valence-electron chi connectivity index (χ2n) is 6.54. The van der Waals surface area contributed by atoms with Crippen molar-refractivity contribution in [3.8, 4) is 0 Å². The first-order chi connectivity index (χ1) is 11.1. The van der Waals surface area contributed by atoms with Gasteiger partial charge in [-0.15, -0.1) is 0 Å². The van der Waals surface area contributed by atoms with Crippen LogP contribution in [-0.2, 0) is 11.8 Å². The maximum Gasteiger partial charge on any atom is 0.254 e. The Balaban J connectivity index is 1.61. The highest BCUT2D eigenvalue weighted by Gasteiger charge is 2.26. The number of piperidine rings is 1. The van der Waals surface area contributed by atoms with E-state index in [-0.39, 0.29) is 11.5 Å². The van der Waals surface area contributed by atoms with Crippen molar-refractivity contribution < 1.29 is 9.53 Å². The zero-order valence-electron chi connectivity index (χ0n) is 13.7. The summed E-state index contributed by atoms with van der Waals surface area (Å²) in [6, 6.07) is 3.17. The fourth-order valence-electron chi connectivity index (χ4n) is 3.41. The lowest BCUT2D eigenvalue weighted by atomic mass is 9.96. The smallest absolute Gasteiger partial charge is 0.254 e. The lowest BCUT2D eigenvalue weighted by Gasteiger charge is -2.36. The van der Waals surface area contributed by atoms with E-state index >= 15 is 0 Å². The van der Waals surface area contributed by atoms with Crippen LogP contribution in [0.3, 0.4) is 0 Å². The van der Waals surface area contributed by atoms with Gasteiger partial charge in [0, 0.05) is 57.6 Å². The van der Waals surface area contributed by atoms with Gasteiger partial charge in [-0.3, -0.25) is 14.5 Å². The number of aromatic nitrogens is 1. The summed E-state index contributed by atoms with van der Waals surface area (Å²) < 4.78 is 6.87. The van der Waals surface area contributed by atoms with Crippen molar-refractivity contribution in [1.29, 1.82) is 0 Å². The van der Waals surface area contributed by atoms with Gasteiger partial charge in [0.05, 0.1) is 13.2 Å². The van der Waals surface area contributed by atoms with Crippen molar-refractivity contribution in [2.75, 3.05) is 45.9 Å². The summed E-state index contributed by atoms with van der Waals surface area (Å²) in [4.78, 5) is 28.7. The minimum Gasteiger partial charge on any atom is -0.379 e. The molecule has 126 valence electrons. The summed E-state index contributed by atoms with van der Waals surface area (Å²) >= 11 is 0. The molecule has 0 radical (unpaired) electrons. The third kappa shape index (κ3) is 4.00. The second kappa shape index (κ2) is 7.27. The molecule has 0 bridgehead atoms. The molecule has 1 atom stereocenters. The van der Waals surface area contributed by atoms with Gasteiger partial charge in [0.15, 0.2) is 0 Å². The molecule has 0 unspecified atom stereocenters. The second-order valence-corrected chi connectivity index (χ2v) is 6.54. The van der Waals surface area contributed by atoms with Crippen molar-refractivity contribution in [3.63, 3.8) is 0 Å². The molecule has 6 heteroatoms. The zero-order valence-corrected chi connectivity index (χ0v) is 13.7. The highest BCUT2D eigenvalue weighted by Crippen LogP contribution is 2.20. The molecule has 1 aromatic heterocycles. The quantitative estimate of drug-likeness (QED) is 0.817. The average Bonchev–Trinajstić information content (AvgIpc) is 2.58. The van der Waals surface area contributed by atoms with E-state index in [0.717, 1.165) is 58.8 Å². The minimum absolute atomic E-state index is 0.0191. The van der Waals surface area contributed by atoms with Crippen LogP contribution in [0.5, 0.6) is 0 Å². The monoisotopic (exact) mass is 319 g/mol. The third-order valence-electron chi connectivity index (χ3n) is 4.78. The Hall–Kier alpha value is -1.66. The summed E-state index contributed by atoms with van der Waals surface area (Å²) in [7, 11) is 1.69. The molecule has 1 aromatic rings. The van der Waals surface area contributed by atoms with Crippen LogP contribution in [0.4, 0.5) is 0 Å². The van der Waals surface area contributed by atoms with Gasteiger partial charge in [0.1, 0.15) is 0 Å². The van der Waals surface area contributed by atoms with Gasteiger partial charge in [0.25, 0.3) is 11.5 Å². The molecular weight excluding hydrogens is 294 g/mol. The number of likely N-dealkylation sites (tertiary alicyclic amines) is 1. The molecule has 0 spiro atoms. The standard InChI is InChI=1S/C17H25N3O3/c1-18-6-4-15(11-16(18)21)17(22)20-5-2-3-14(13-20)12-19-7-9-23-10-8-19/h4,6,11,14H,2-3,5,7-10,12-13H2,1H3/t14-/m1/s1. The van der Waals surface area contributed by atoms with Crippen LogP contribution < -0.4 is 5.56 Å². The fraction of sp³-hybridized carbons (Fsp3) is 0.647. The Kier molecular flexibility index (Phi) is 5.13. The van der Waals surface area contributed by atoms with Gasteiger partial charge in [-0.25, -0.2) is 0 Å². The average molecular weight is 319 g/mol. The van der Waals surface area contributed by atoms with E-state index in [2.05, 4.69) is 4.90 Å². The van der Waals surface area contributed by atoms with Crippen molar-refractivity contribution in [2.45, 2.75) is 12.8 Å². The normalized spacial score (nSPS) is 23.0. The predicted molar refractivity (Wildman–Crippen MR) is 87.6 cm³/mol. The number of carbonyl (C=O) groups is 1. The summed E-state index contributed by atoms with van der Waals surface area (Å²) in [6.07, 6.45) is 3.86. The molecule has 0 N–H and O–H groups in total.